The maximum Gasteiger partial charge on any atom is 0.280 e. The molecule has 0 amide bonds. The third-order valence-corrected chi connectivity index (χ3v) is 6.99. The second-order valence-corrected chi connectivity index (χ2v) is 10.5. The lowest BCUT2D eigenvalue weighted by molar-refractivity contribution is -0.0499. The molecule has 0 aliphatic carbocycles. The van der Waals surface area contributed by atoms with Gasteiger partial charge in [-0.1, -0.05) is 23.2 Å². The van der Waals surface area contributed by atoms with Crippen molar-refractivity contribution in [1.82, 2.24) is 29.1 Å². The van der Waals surface area contributed by atoms with Crippen LogP contribution in [0.4, 0.5) is 11.9 Å². The minimum Gasteiger partial charge on any atom is -0.394 e. The highest BCUT2D eigenvalue weighted by Crippen LogP contribution is 2.37. The maximum absolute atomic E-state index is 11.5. The SMILES string of the molecule is CC(C)Nc1nc2cc(Cl)c(Cl)cc2n1[C@H]1O[C@@H](CO)[C@H](O)[C@@H]1O.Nc1nc2c(ncn2COC(CO)CO)c(=O)[nH]1. The Labute approximate surface area is 248 Å². The summed E-state index contributed by atoms with van der Waals surface area (Å²) in [5.74, 6) is 0.434. The second kappa shape index (κ2) is 13.5. The van der Waals surface area contributed by atoms with Crippen LogP contribution in [-0.4, -0.2) is 105 Å². The van der Waals surface area contributed by atoms with Gasteiger partial charge in [0.2, 0.25) is 11.9 Å². The van der Waals surface area contributed by atoms with E-state index >= 15 is 0 Å². The molecule has 1 fully saturated rings. The van der Waals surface area contributed by atoms with Crippen LogP contribution in [0.2, 0.25) is 10.0 Å². The summed E-state index contributed by atoms with van der Waals surface area (Å²) in [6, 6.07) is 3.33. The summed E-state index contributed by atoms with van der Waals surface area (Å²) in [5, 5.41) is 51.3. The number of imidazole rings is 2. The van der Waals surface area contributed by atoms with E-state index in [1.54, 1.807) is 16.7 Å². The van der Waals surface area contributed by atoms with E-state index in [1.165, 1.54) is 10.9 Å². The maximum atomic E-state index is 11.5. The molecule has 0 unspecified atom stereocenters. The molecule has 0 saturated carbocycles. The number of anilines is 2. The van der Waals surface area contributed by atoms with E-state index in [2.05, 4.69) is 25.3 Å². The van der Waals surface area contributed by atoms with Gasteiger partial charge in [0.1, 0.15) is 31.1 Å². The summed E-state index contributed by atoms with van der Waals surface area (Å²) in [6.07, 6.45) is -3.54. The van der Waals surface area contributed by atoms with Gasteiger partial charge in [-0.05, 0) is 26.0 Å². The number of nitrogen functional groups attached to an aromatic ring is 1. The summed E-state index contributed by atoms with van der Waals surface area (Å²) in [7, 11) is 0. The molecule has 0 spiro atoms. The normalized spacial score (nSPS) is 20.5. The number of rotatable bonds is 9. The zero-order chi connectivity index (χ0) is 30.7. The van der Waals surface area contributed by atoms with Crippen LogP contribution in [0.1, 0.15) is 20.1 Å². The molecule has 4 atom stereocenters. The summed E-state index contributed by atoms with van der Waals surface area (Å²) in [4.78, 5) is 26.1. The number of benzene rings is 1. The Morgan fingerprint density at radius 1 is 1.14 bits per heavy atom. The first-order chi connectivity index (χ1) is 20.0. The Kier molecular flexibility index (Phi) is 10.2. The molecule has 16 nitrogen and oxygen atoms in total. The van der Waals surface area contributed by atoms with Gasteiger partial charge >= 0.3 is 0 Å². The van der Waals surface area contributed by atoms with E-state index in [-0.39, 0.29) is 43.1 Å². The van der Waals surface area contributed by atoms with Crippen molar-refractivity contribution in [3.63, 3.8) is 0 Å². The fourth-order valence-electron chi connectivity index (χ4n) is 4.22. The van der Waals surface area contributed by atoms with Crippen molar-refractivity contribution in [2.24, 2.45) is 0 Å². The largest absolute Gasteiger partial charge is 0.394 e. The van der Waals surface area contributed by atoms with Crippen molar-refractivity contribution in [3.8, 4) is 0 Å². The zero-order valence-electron chi connectivity index (χ0n) is 22.6. The van der Waals surface area contributed by atoms with Gasteiger partial charge < -0.3 is 46.1 Å². The molecular formula is C24H32Cl2N8O8. The van der Waals surface area contributed by atoms with Crippen LogP contribution >= 0.6 is 23.2 Å². The number of aromatic nitrogens is 6. The minimum atomic E-state index is -1.22. The second-order valence-electron chi connectivity index (χ2n) is 9.71. The number of hydrogen-bond donors (Lipinski definition) is 8. The van der Waals surface area contributed by atoms with Gasteiger partial charge in [-0.2, -0.15) is 4.98 Å². The van der Waals surface area contributed by atoms with Crippen molar-refractivity contribution < 1.29 is 35.0 Å². The quantitative estimate of drug-likeness (QED) is 0.120. The number of hydrogen-bond acceptors (Lipinski definition) is 13. The molecule has 18 heteroatoms. The van der Waals surface area contributed by atoms with Gasteiger partial charge in [-0.15, -0.1) is 0 Å². The highest BCUT2D eigenvalue weighted by Gasteiger charge is 2.44. The molecule has 1 aromatic carbocycles. The van der Waals surface area contributed by atoms with E-state index in [0.717, 1.165) is 0 Å². The minimum absolute atomic E-state index is 0.00181. The first-order valence-electron chi connectivity index (χ1n) is 12.8. The monoisotopic (exact) mass is 630 g/mol. The highest BCUT2D eigenvalue weighted by molar-refractivity contribution is 6.42. The van der Waals surface area contributed by atoms with Gasteiger partial charge in [0.05, 0.1) is 47.2 Å². The fourth-order valence-corrected chi connectivity index (χ4v) is 4.53. The molecule has 42 heavy (non-hydrogen) atoms. The lowest BCUT2D eigenvalue weighted by Crippen LogP contribution is -2.33. The van der Waals surface area contributed by atoms with E-state index in [0.29, 0.717) is 27.0 Å². The van der Waals surface area contributed by atoms with Crippen LogP contribution in [0.15, 0.2) is 23.3 Å². The van der Waals surface area contributed by atoms with Crippen LogP contribution in [0.3, 0.4) is 0 Å². The summed E-state index contributed by atoms with van der Waals surface area (Å²) < 4.78 is 13.9. The molecule has 9 N–H and O–H groups in total. The number of nitrogens with zero attached hydrogens (tertiary/aromatic N) is 5. The lowest BCUT2D eigenvalue weighted by atomic mass is 10.1. The number of ether oxygens (including phenoxy) is 2. The zero-order valence-corrected chi connectivity index (χ0v) is 24.1. The predicted molar refractivity (Wildman–Crippen MR) is 153 cm³/mol. The number of fused-ring (bicyclic) bond motifs is 2. The summed E-state index contributed by atoms with van der Waals surface area (Å²) in [5.41, 5.74) is 6.61. The van der Waals surface area contributed by atoms with Crippen molar-refractivity contribution in [2.45, 2.75) is 57.3 Å². The Hall–Kier alpha value is -3.06. The third-order valence-electron chi connectivity index (χ3n) is 6.27. The fraction of sp³-hybridized carbons (Fsp3) is 0.500. The molecule has 230 valence electrons. The highest BCUT2D eigenvalue weighted by atomic mass is 35.5. The van der Waals surface area contributed by atoms with Gasteiger partial charge in [0, 0.05) is 6.04 Å². The molecule has 1 saturated heterocycles. The number of aromatic amines is 1. The van der Waals surface area contributed by atoms with Crippen molar-refractivity contribution in [3.05, 3.63) is 38.9 Å². The Balaban J connectivity index is 0.000000201. The molecule has 1 aliphatic heterocycles. The molecular weight excluding hydrogens is 599 g/mol. The first-order valence-corrected chi connectivity index (χ1v) is 13.5. The molecule has 3 aromatic heterocycles. The van der Waals surface area contributed by atoms with Crippen LogP contribution < -0.4 is 16.6 Å². The Morgan fingerprint density at radius 3 is 2.45 bits per heavy atom. The van der Waals surface area contributed by atoms with Crippen molar-refractivity contribution in [1.29, 1.82) is 0 Å². The van der Waals surface area contributed by atoms with Gasteiger partial charge in [-0.25, -0.2) is 9.97 Å². The lowest BCUT2D eigenvalue weighted by Gasteiger charge is -2.21. The molecule has 1 aliphatic rings. The molecule has 0 bridgehead atoms. The van der Waals surface area contributed by atoms with Gasteiger partial charge in [-0.3, -0.25) is 18.9 Å². The first kappa shape index (κ1) is 31.9. The van der Waals surface area contributed by atoms with Crippen molar-refractivity contribution >= 4 is 57.3 Å². The average Bonchev–Trinajstić information content (AvgIpc) is 3.58. The van der Waals surface area contributed by atoms with E-state index < -0.39 is 42.8 Å². The van der Waals surface area contributed by atoms with Crippen LogP contribution in [0, 0.1) is 0 Å². The third kappa shape index (κ3) is 6.61. The molecule has 0 radical (unpaired) electrons. The summed E-state index contributed by atoms with van der Waals surface area (Å²) >= 11 is 12.2. The van der Waals surface area contributed by atoms with E-state index in [4.69, 9.17) is 48.6 Å². The van der Waals surface area contributed by atoms with Gasteiger partial charge in [0.25, 0.3) is 5.56 Å². The Bertz CT molecular complexity index is 1570. The van der Waals surface area contributed by atoms with E-state index in [9.17, 15) is 20.1 Å². The standard InChI is InChI=1S/C15H19Cl2N3O4.C9H13N5O4/c1-6(2)18-15-19-9-3-7(16)8(17)4-10(9)20(15)14-13(23)12(22)11(5-21)24-14;10-9-12-7-6(8(17)13-9)11-3-14(7)4-18-5(1-15)2-16/h3-4,6,11-14,21-23H,5H2,1-2H3,(H,18,19);3,5,15-16H,1-2,4H2,(H3,10,12,13,17)/t11-,12-,13-,14-;/m0./s1. The Morgan fingerprint density at radius 2 is 1.83 bits per heavy atom. The number of nitrogens with one attached hydrogen (secondary N) is 2. The number of aliphatic hydroxyl groups is 5. The number of aliphatic hydroxyl groups excluding tert-OH is 5. The predicted octanol–water partition coefficient (Wildman–Crippen LogP) is -0.196. The van der Waals surface area contributed by atoms with Crippen molar-refractivity contribution in [2.75, 3.05) is 30.9 Å². The number of nitrogens with two attached hydrogens (primary N) is 1. The van der Waals surface area contributed by atoms with Crippen LogP contribution in [-0.2, 0) is 16.2 Å². The average molecular weight is 631 g/mol. The molecule has 5 rings (SSSR count). The smallest absolute Gasteiger partial charge is 0.280 e. The van der Waals surface area contributed by atoms with Crippen LogP contribution in [0.25, 0.3) is 22.2 Å². The molecule has 4 heterocycles. The van der Waals surface area contributed by atoms with E-state index in [1.807, 2.05) is 13.8 Å². The summed E-state index contributed by atoms with van der Waals surface area (Å²) in [6.45, 7) is 2.87. The topological polar surface area (TPSA) is 239 Å². The molecule has 4 aromatic rings. The number of H-pyrrole nitrogens is 1. The van der Waals surface area contributed by atoms with Gasteiger partial charge in [0.15, 0.2) is 17.4 Å². The van der Waals surface area contributed by atoms with Crippen LogP contribution in [0.5, 0.6) is 0 Å². The number of halogens is 2.